The van der Waals surface area contributed by atoms with Crippen molar-refractivity contribution in [3.63, 3.8) is 0 Å². The molecule has 0 radical (unpaired) electrons. The van der Waals surface area contributed by atoms with Gasteiger partial charge in [0.1, 0.15) is 12.6 Å². The molecule has 7 nitrogen and oxygen atoms in total. The predicted octanol–water partition coefficient (Wildman–Crippen LogP) is 4.73. The zero-order valence-electron chi connectivity index (χ0n) is 19.9. The van der Waals surface area contributed by atoms with E-state index in [1.165, 1.54) is 17.4 Å². The van der Waals surface area contributed by atoms with Crippen molar-refractivity contribution >= 4 is 55.1 Å². The number of benzene rings is 2. The molecule has 1 saturated carbocycles. The molecule has 35 heavy (non-hydrogen) atoms. The van der Waals surface area contributed by atoms with Crippen LogP contribution in [0.2, 0.25) is 5.02 Å². The average molecular weight is 585 g/mol. The topological polar surface area (TPSA) is 86.8 Å². The standard InChI is InChI=1S/C25H31BrClN3O4S/c1-18(25(32)28-22-8-4-3-5-9-22)29(16-19-11-13-20(26)14-12-19)24(31)17-30(35(2,33)34)23-10-6-7-21(27)15-23/h6-7,10-15,18,22H,3-5,8-9,16-17H2,1-2H3,(H,28,32)/t18-/m1/s1. The molecule has 0 bridgehead atoms. The lowest BCUT2D eigenvalue weighted by Gasteiger charge is -2.33. The van der Waals surface area contributed by atoms with Gasteiger partial charge in [-0.1, -0.05) is 65.0 Å². The molecule has 1 N–H and O–H groups in total. The number of sulfonamides is 1. The van der Waals surface area contributed by atoms with E-state index in [4.69, 9.17) is 11.6 Å². The Kier molecular flexibility index (Phi) is 9.61. The predicted molar refractivity (Wildman–Crippen MR) is 143 cm³/mol. The van der Waals surface area contributed by atoms with Crippen molar-refractivity contribution in [1.29, 1.82) is 0 Å². The van der Waals surface area contributed by atoms with Gasteiger partial charge in [0.2, 0.25) is 21.8 Å². The van der Waals surface area contributed by atoms with E-state index >= 15 is 0 Å². The summed E-state index contributed by atoms with van der Waals surface area (Å²) in [4.78, 5) is 28.1. The van der Waals surface area contributed by atoms with Gasteiger partial charge in [-0.2, -0.15) is 0 Å². The Labute approximate surface area is 221 Å². The maximum Gasteiger partial charge on any atom is 0.244 e. The van der Waals surface area contributed by atoms with Gasteiger partial charge in [0.15, 0.2) is 0 Å². The molecule has 1 aliphatic rings. The summed E-state index contributed by atoms with van der Waals surface area (Å²) >= 11 is 9.47. The molecule has 0 saturated heterocycles. The quantitative estimate of drug-likeness (QED) is 0.462. The molecule has 0 aromatic heterocycles. The molecule has 10 heteroatoms. The molecule has 0 spiro atoms. The molecule has 3 rings (SSSR count). The number of carbonyl (C=O) groups excluding carboxylic acids is 2. The van der Waals surface area contributed by atoms with Gasteiger partial charge in [-0.05, 0) is 55.7 Å². The van der Waals surface area contributed by atoms with Crippen LogP contribution in [0.3, 0.4) is 0 Å². The van der Waals surface area contributed by atoms with Crippen LogP contribution in [0.4, 0.5) is 5.69 Å². The van der Waals surface area contributed by atoms with Crippen LogP contribution in [0, 0.1) is 0 Å². The minimum atomic E-state index is -3.79. The van der Waals surface area contributed by atoms with Gasteiger partial charge in [0, 0.05) is 22.1 Å². The maximum atomic E-state index is 13.6. The Balaban J connectivity index is 1.86. The molecule has 1 fully saturated rings. The van der Waals surface area contributed by atoms with Crippen molar-refractivity contribution < 1.29 is 18.0 Å². The van der Waals surface area contributed by atoms with Gasteiger partial charge < -0.3 is 10.2 Å². The van der Waals surface area contributed by atoms with Crippen LogP contribution >= 0.6 is 27.5 Å². The molecule has 0 unspecified atom stereocenters. The highest BCUT2D eigenvalue weighted by molar-refractivity contribution is 9.10. The fourth-order valence-electron chi connectivity index (χ4n) is 4.18. The number of anilines is 1. The molecular formula is C25H31BrClN3O4S. The van der Waals surface area contributed by atoms with E-state index in [1.54, 1.807) is 25.1 Å². The maximum absolute atomic E-state index is 13.6. The van der Waals surface area contributed by atoms with Crippen LogP contribution in [0.15, 0.2) is 53.0 Å². The molecular weight excluding hydrogens is 554 g/mol. The van der Waals surface area contributed by atoms with E-state index in [-0.39, 0.29) is 24.2 Å². The summed E-state index contributed by atoms with van der Waals surface area (Å²) in [5.41, 5.74) is 1.11. The molecule has 1 aliphatic carbocycles. The van der Waals surface area contributed by atoms with Gasteiger partial charge in [-0.3, -0.25) is 13.9 Å². The summed E-state index contributed by atoms with van der Waals surface area (Å²) in [6.07, 6.45) is 6.21. The third-order valence-electron chi connectivity index (χ3n) is 6.16. The number of hydrogen-bond acceptors (Lipinski definition) is 4. The minimum absolute atomic E-state index is 0.0994. The van der Waals surface area contributed by atoms with Crippen LogP contribution < -0.4 is 9.62 Å². The Bertz CT molecular complexity index is 1140. The monoisotopic (exact) mass is 583 g/mol. The normalized spacial score (nSPS) is 15.3. The number of nitrogens with one attached hydrogen (secondary N) is 1. The van der Waals surface area contributed by atoms with Crippen LogP contribution in [0.5, 0.6) is 0 Å². The Hall–Kier alpha value is -2.10. The van der Waals surface area contributed by atoms with Crippen molar-refractivity contribution in [3.05, 3.63) is 63.6 Å². The number of amides is 2. The number of halogens is 2. The lowest BCUT2D eigenvalue weighted by Crippen LogP contribution is -2.52. The summed E-state index contributed by atoms with van der Waals surface area (Å²) in [5.74, 6) is -0.722. The molecule has 2 amide bonds. The molecule has 1 atom stereocenters. The highest BCUT2D eigenvalue weighted by Crippen LogP contribution is 2.23. The third-order valence-corrected chi connectivity index (χ3v) is 8.06. The summed E-state index contributed by atoms with van der Waals surface area (Å²) in [5, 5.41) is 3.44. The third kappa shape index (κ3) is 7.95. The Morgan fingerprint density at radius 3 is 2.37 bits per heavy atom. The SMILES string of the molecule is C[C@H](C(=O)NC1CCCCC1)N(Cc1ccc(Br)cc1)C(=O)CN(c1cccc(Cl)c1)S(C)(=O)=O. The highest BCUT2D eigenvalue weighted by Gasteiger charge is 2.31. The first-order chi connectivity index (χ1) is 16.5. The van der Waals surface area contributed by atoms with Gasteiger partial charge >= 0.3 is 0 Å². The first kappa shape index (κ1) is 27.5. The van der Waals surface area contributed by atoms with Crippen molar-refractivity contribution in [1.82, 2.24) is 10.2 Å². The number of carbonyl (C=O) groups is 2. The van der Waals surface area contributed by atoms with Crippen molar-refractivity contribution in [2.24, 2.45) is 0 Å². The van der Waals surface area contributed by atoms with E-state index in [0.717, 1.165) is 46.3 Å². The van der Waals surface area contributed by atoms with E-state index < -0.39 is 28.5 Å². The van der Waals surface area contributed by atoms with E-state index in [2.05, 4.69) is 21.2 Å². The molecule has 2 aromatic rings. The van der Waals surface area contributed by atoms with Crippen LogP contribution in [-0.4, -0.2) is 50.0 Å². The van der Waals surface area contributed by atoms with Crippen LogP contribution in [0.1, 0.15) is 44.6 Å². The molecule has 2 aromatic carbocycles. The van der Waals surface area contributed by atoms with Gasteiger partial charge in [-0.25, -0.2) is 8.42 Å². The zero-order valence-corrected chi connectivity index (χ0v) is 23.1. The highest BCUT2D eigenvalue weighted by atomic mass is 79.9. The van der Waals surface area contributed by atoms with Crippen LogP contribution in [0.25, 0.3) is 0 Å². The number of rotatable bonds is 9. The molecule has 190 valence electrons. The second kappa shape index (κ2) is 12.2. The zero-order chi connectivity index (χ0) is 25.6. The van der Waals surface area contributed by atoms with Crippen molar-refractivity contribution in [3.8, 4) is 0 Å². The molecule has 0 aliphatic heterocycles. The van der Waals surface area contributed by atoms with E-state index in [0.29, 0.717) is 5.02 Å². The summed E-state index contributed by atoms with van der Waals surface area (Å²) in [6, 6.07) is 13.1. The molecule has 0 heterocycles. The second-order valence-corrected chi connectivity index (χ2v) is 12.2. The smallest absolute Gasteiger partial charge is 0.244 e. The minimum Gasteiger partial charge on any atom is -0.352 e. The fraction of sp³-hybridized carbons (Fsp3) is 0.440. The second-order valence-electron chi connectivity index (χ2n) is 8.92. The van der Waals surface area contributed by atoms with Crippen molar-refractivity contribution in [2.45, 2.75) is 57.7 Å². The van der Waals surface area contributed by atoms with E-state index in [9.17, 15) is 18.0 Å². The largest absolute Gasteiger partial charge is 0.352 e. The number of hydrogen-bond donors (Lipinski definition) is 1. The van der Waals surface area contributed by atoms with Gasteiger partial charge in [0.25, 0.3) is 0 Å². The summed E-state index contributed by atoms with van der Waals surface area (Å²) in [6.45, 7) is 1.40. The first-order valence-corrected chi connectivity index (χ1v) is 14.6. The summed E-state index contributed by atoms with van der Waals surface area (Å²) < 4.78 is 27.1. The van der Waals surface area contributed by atoms with Crippen LogP contribution in [-0.2, 0) is 26.2 Å². The Morgan fingerprint density at radius 1 is 1.11 bits per heavy atom. The van der Waals surface area contributed by atoms with Gasteiger partial charge in [0.05, 0.1) is 11.9 Å². The average Bonchev–Trinajstić information content (AvgIpc) is 2.81. The first-order valence-electron chi connectivity index (χ1n) is 11.6. The lowest BCUT2D eigenvalue weighted by molar-refractivity contribution is -0.139. The lowest BCUT2D eigenvalue weighted by atomic mass is 9.95. The fourth-order valence-corrected chi connectivity index (χ4v) is 5.47. The number of nitrogens with zero attached hydrogens (tertiary/aromatic N) is 2. The Morgan fingerprint density at radius 2 is 1.77 bits per heavy atom. The summed E-state index contributed by atoms with van der Waals surface area (Å²) in [7, 11) is -3.79. The van der Waals surface area contributed by atoms with Crippen molar-refractivity contribution in [2.75, 3.05) is 17.1 Å². The van der Waals surface area contributed by atoms with Gasteiger partial charge in [-0.15, -0.1) is 0 Å². The van der Waals surface area contributed by atoms with E-state index in [1.807, 2.05) is 24.3 Å².